The molecular weight excluding hydrogens is 221 g/mol. The number of hydrogen-bond donors (Lipinski definition) is 1. The highest BCUT2D eigenvalue weighted by Crippen LogP contribution is 2.39. The number of rotatable bonds is 0. The Bertz CT molecular complexity index is 284. The van der Waals surface area contributed by atoms with Gasteiger partial charge in [-0.25, -0.2) is 0 Å². The number of nitrogens with one attached hydrogen (secondary N) is 1. The van der Waals surface area contributed by atoms with E-state index in [9.17, 15) is 18.0 Å². The minimum Gasteiger partial charge on any atom is -0.334 e. The molecule has 0 aromatic carbocycles. The van der Waals surface area contributed by atoms with Crippen molar-refractivity contribution in [2.75, 3.05) is 26.2 Å². The van der Waals surface area contributed by atoms with Crippen LogP contribution in [0.1, 0.15) is 19.3 Å². The predicted molar refractivity (Wildman–Crippen MR) is 51.8 cm³/mol. The van der Waals surface area contributed by atoms with Crippen LogP contribution < -0.4 is 5.32 Å². The van der Waals surface area contributed by atoms with E-state index in [0.717, 1.165) is 30.8 Å². The van der Waals surface area contributed by atoms with E-state index in [0.29, 0.717) is 6.42 Å². The summed E-state index contributed by atoms with van der Waals surface area (Å²) in [6.45, 7) is 2.20. The molecule has 0 saturated carbocycles. The quantitative estimate of drug-likeness (QED) is 0.684. The topological polar surface area (TPSA) is 32.3 Å². The van der Waals surface area contributed by atoms with E-state index in [-0.39, 0.29) is 18.5 Å². The van der Waals surface area contributed by atoms with Crippen molar-refractivity contribution < 1.29 is 18.0 Å². The van der Waals surface area contributed by atoms with Gasteiger partial charge in [0, 0.05) is 13.1 Å². The van der Waals surface area contributed by atoms with Gasteiger partial charge in [-0.3, -0.25) is 4.79 Å². The molecule has 2 heterocycles. The second kappa shape index (κ2) is 3.91. The fraction of sp³-hybridized carbons (Fsp3) is 0.900. The van der Waals surface area contributed by atoms with Gasteiger partial charge in [0.1, 0.15) is 0 Å². The molecule has 0 aromatic heterocycles. The van der Waals surface area contributed by atoms with Crippen LogP contribution in [0, 0.1) is 5.41 Å². The molecule has 2 aliphatic rings. The fourth-order valence-electron chi connectivity index (χ4n) is 2.65. The molecule has 16 heavy (non-hydrogen) atoms. The molecule has 2 rings (SSSR count). The Kier molecular flexibility index (Phi) is 2.86. The molecule has 2 fully saturated rings. The molecule has 0 radical (unpaired) electrons. The van der Waals surface area contributed by atoms with Crippen LogP contribution in [-0.4, -0.2) is 43.2 Å². The second-order valence-corrected chi connectivity index (χ2v) is 4.72. The van der Waals surface area contributed by atoms with E-state index in [1.807, 2.05) is 0 Å². The number of carbonyl (C=O) groups excluding carboxylic acids is 1. The average molecular weight is 236 g/mol. The van der Waals surface area contributed by atoms with Crippen LogP contribution in [0.25, 0.3) is 0 Å². The lowest BCUT2D eigenvalue weighted by atomic mass is 9.78. The molecule has 2 saturated heterocycles. The normalized spacial score (nSPS) is 25.1. The summed E-state index contributed by atoms with van der Waals surface area (Å²) in [5.74, 6) is -1.68. The van der Waals surface area contributed by atoms with Crippen LogP contribution in [0.4, 0.5) is 13.2 Å². The van der Waals surface area contributed by atoms with Crippen molar-refractivity contribution in [2.45, 2.75) is 25.4 Å². The Morgan fingerprint density at radius 3 is 2.38 bits per heavy atom. The summed E-state index contributed by atoms with van der Waals surface area (Å²) in [6, 6.07) is 0. The van der Waals surface area contributed by atoms with Crippen molar-refractivity contribution in [1.82, 2.24) is 10.2 Å². The number of amides is 1. The van der Waals surface area contributed by atoms with E-state index >= 15 is 0 Å². The van der Waals surface area contributed by atoms with Gasteiger partial charge in [-0.2, -0.15) is 13.2 Å². The Balaban J connectivity index is 1.99. The zero-order valence-corrected chi connectivity index (χ0v) is 8.94. The number of alkyl halides is 3. The highest BCUT2D eigenvalue weighted by Gasteiger charge is 2.48. The van der Waals surface area contributed by atoms with Crippen molar-refractivity contribution in [3.05, 3.63) is 0 Å². The fourth-order valence-corrected chi connectivity index (χ4v) is 2.65. The van der Waals surface area contributed by atoms with Gasteiger partial charge in [-0.05, 0) is 37.8 Å². The second-order valence-electron chi connectivity index (χ2n) is 4.72. The maximum atomic E-state index is 12.3. The van der Waals surface area contributed by atoms with E-state index in [4.69, 9.17) is 0 Å². The molecule has 92 valence electrons. The van der Waals surface area contributed by atoms with Crippen LogP contribution in [0.2, 0.25) is 0 Å². The third-order valence-electron chi connectivity index (χ3n) is 3.63. The third kappa shape index (κ3) is 2.16. The molecule has 0 bridgehead atoms. The lowest BCUT2D eigenvalue weighted by Gasteiger charge is -2.33. The SMILES string of the molecule is O=C(N1CCC2(CCNCC2)C1)C(F)(F)F. The van der Waals surface area contributed by atoms with Crippen molar-refractivity contribution >= 4 is 5.91 Å². The number of likely N-dealkylation sites (tertiary alicyclic amines) is 1. The molecule has 0 aromatic rings. The molecule has 1 spiro atoms. The molecule has 6 heteroatoms. The summed E-state index contributed by atoms with van der Waals surface area (Å²) in [6.07, 6.45) is -2.28. The van der Waals surface area contributed by atoms with Crippen LogP contribution in [0.3, 0.4) is 0 Å². The summed E-state index contributed by atoms with van der Waals surface area (Å²) in [5, 5.41) is 3.18. The summed E-state index contributed by atoms with van der Waals surface area (Å²) >= 11 is 0. The summed E-state index contributed by atoms with van der Waals surface area (Å²) < 4.78 is 36.8. The first kappa shape index (κ1) is 11.7. The Morgan fingerprint density at radius 1 is 1.19 bits per heavy atom. The highest BCUT2D eigenvalue weighted by molar-refractivity contribution is 5.82. The lowest BCUT2D eigenvalue weighted by Crippen LogP contribution is -2.43. The van der Waals surface area contributed by atoms with E-state index in [1.165, 1.54) is 0 Å². The van der Waals surface area contributed by atoms with Crippen molar-refractivity contribution in [1.29, 1.82) is 0 Å². The molecule has 1 N–H and O–H groups in total. The molecular formula is C10H15F3N2O. The number of nitrogens with zero attached hydrogens (tertiary/aromatic N) is 1. The minimum atomic E-state index is -4.72. The molecule has 0 aliphatic carbocycles. The molecule has 1 amide bonds. The van der Waals surface area contributed by atoms with Gasteiger partial charge in [0.2, 0.25) is 0 Å². The standard InChI is InChI=1S/C10H15F3N2O/c11-10(12,13)8(16)15-6-3-9(7-15)1-4-14-5-2-9/h14H,1-7H2. The number of carbonyl (C=O) groups is 1. The molecule has 3 nitrogen and oxygen atoms in total. The maximum absolute atomic E-state index is 12.3. The monoisotopic (exact) mass is 236 g/mol. The van der Waals surface area contributed by atoms with Crippen molar-refractivity contribution in [3.8, 4) is 0 Å². The zero-order valence-electron chi connectivity index (χ0n) is 8.94. The molecule has 2 aliphatic heterocycles. The average Bonchev–Trinajstić information content (AvgIpc) is 2.61. The van der Waals surface area contributed by atoms with E-state index < -0.39 is 12.1 Å². The van der Waals surface area contributed by atoms with E-state index in [2.05, 4.69) is 5.32 Å². The lowest BCUT2D eigenvalue weighted by molar-refractivity contribution is -0.184. The molecule has 0 atom stereocenters. The Labute approximate surface area is 92.0 Å². The predicted octanol–water partition coefficient (Wildman–Crippen LogP) is 1.15. The van der Waals surface area contributed by atoms with Crippen LogP contribution >= 0.6 is 0 Å². The van der Waals surface area contributed by atoms with Gasteiger partial charge < -0.3 is 10.2 Å². The van der Waals surface area contributed by atoms with E-state index in [1.54, 1.807) is 0 Å². The highest BCUT2D eigenvalue weighted by atomic mass is 19.4. The van der Waals surface area contributed by atoms with Crippen LogP contribution in [0.15, 0.2) is 0 Å². The number of piperidine rings is 1. The first-order chi connectivity index (χ1) is 7.43. The number of hydrogen-bond acceptors (Lipinski definition) is 2. The zero-order chi connectivity index (χ0) is 11.8. The van der Waals surface area contributed by atoms with Gasteiger partial charge in [0.05, 0.1) is 0 Å². The maximum Gasteiger partial charge on any atom is 0.471 e. The van der Waals surface area contributed by atoms with Gasteiger partial charge >= 0.3 is 12.1 Å². The first-order valence-corrected chi connectivity index (χ1v) is 5.50. The largest absolute Gasteiger partial charge is 0.471 e. The van der Waals surface area contributed by atoms with Crippen LogP contribution in [-0.2, 0) is 4.79 Å². The summed E-state index contributed by atoms with van der Waals surface area (Å²) in [5.41, 5.74) is -0.0633. The van der Waals surface area contributed by atoms with Gasteiger partial charge in [0.15, 0.2) is 0 Å². The molecule has 0 unspecified atom stereocenters. The third-order valence-corrected chi connectivity index (χ3v) is 3.63. The van der Waals surface area contributed by atoms with Crippen molar-refractivity contribution in [2.24, 2.45) is 5.41 Å². The van der Waals surface area contributed by atoms with Gasteiger partial charge in [-0.1, -0.05) is 0 Å². The smallest absolute Gasteiger partial charge is 0.334 e. The minimum absolute atomic E-state index is 0.0633. The van der Waals surface area contributed by atoms with Gasteiger partial charge in [-0.15, -0.1) is 0 Å². The Morgan fingerprint density at radius 2 is 1.81 bits per heavy atom. The first-order valence-electron chi connectivity index (χ1n) is 5.50. The number of halogens is 3. The van der Waals surface area contributed by atoms with Gasteiger partial charge in [0.25, 0.3) is 0 Å². The summed E-state index contributed by atoms with van der Waals surface area (Å²) in [7, 11) is 0. The van der Waals surface area contributed by atoms with Crippen LogP contribution in [0.5, 0.6) is 0 Å². The Hall–Kier alpha value is -0.780. The summed E-state index contributed by atoms with van der Waals surface area (Å²) in [4.78, 5) is 12.0. The van der Waals surface area contributed by atoms with Crippen molar-refractivity contribution in [3.63, 3.8) is 0 Å².